The maximum Gasteiger partial charge on any atom is 0.321 e. The van der Waals surface area contributed by atoms with Gasteiger partial charge in [0.25, 0.3) is 0 Å². The van der Waals surface area contributed by atoms with Gasteiger partial charge in [-0.05, 0) is 59.5 Å². The van der Waals surface area contributed by atoms with Crippen LogP contribution < -0.4 is 4.74 Å². The average molecular weight is 599 g/mol. The zero-order valence-electron chi connectivity index (χ0n) is 24.9. The average Bonchev–Trinajstić information content (AvgIpc) is 3.82. The summed E-state index contributed by atoms with van der Waals surface area (Å²) in [6.07, 6.45) is -0.320. The molecule has 1 heterocycles. The molecule has 8 heteroatoms. The molecular weight excluding hydrogens is 562 g/mol. The quantitative estimate of drug-likeness (QED) is 0.200. The predicted molar refractivity (Wildman–Crippen MR) is 163 cm³/mol. The Hall–Kier alpha value is -4.11. The highest BCUT2D eigenvalue weighted by atomic mass is 19.1. The number of esters is 1. The third-order valence-corrected chi connectivity index (χ3v) is 8.87. The Morgan fingerprint density at radius 2 is 1.27 bits per heavy atom. The molecule has 0 amide bonds. The summed E-state index contributed by atoms with van der Waals surface area (Å²) >= 11 is 0. The minimum Gasteiger partial charge on any atom is -0.497 e. The van der Waals surface area contributed by atoms with Gasteiger partial charge < -0.3 is 14.2 Å². The highest BCUT2D eigenvalue weighted by Crippen LogP contribution is 2.52. The summed E-state index contributed by atoms with van der Waals surface area (Å²) in [5.74, 6) is -0.210. The lowest BCUT2D eigenvalue weighted by molar-refractivity contribution is -0.167. The third kappa shape index (κ3) is 5.98. The largest absolute Gasteiger partial charge is 0.497 e. The summed E-state index contributed by atoms with van der Waals surface area (Å²) in [6, 6.07) is 30.1. The van der Waals surface area contributed by atoms with Gasteiger partial charge in [-0.25, -0.2) is 8.78 Å². The number of rotatable bonds is 10. The van der Waals surface area contributed by atoms with Gasteiger partial charge in [0.15, 0.2) is 6.23 Å². The van der Waals surface area contributed by atoms with Crippen molar-refractivity contribution in [2.75, 3.05) is 40.4 Å². The summed E-state index contributed by atoms with van der Waals surface area (Å²) in [5.41, 5.74) is 2.71. The van der Waals surface area contributed by atoms with E-state index in [9.17, 15) is 13.6 Å². The normalized spacial score (nSPS) is 21.2. The lowest BCUT2D eigenvalue weighted by Gasteiger charge is -2.42. The minimum atomic E-state index is -0.883. The molecule has 2 fully saturated rings. The van der Waals surface area contributed by atoms with Crippen LogP contribution in [0.15, 0.2) is 103 Å². The number of halogens is 2. The number of piperazine rings is 1. The Morgan fingerprint density at radius 3 is 1.77 bits per heavy atom. The zero-order valence-corrected chi connectivity index (χ0v) is 24.9. The fourth-order valence-electron chi connectivity index (χ4n) is 6.35. The summed E-state index contributed by atoms with van der Waals surface area (Å²) in [4.78, 5) is 18.5. The molecule has 1 aliphatic carbocycles. The van der Waals surface area contributed by atoms with E-state index in [4.69, 9.17) is 14.2 Å². The third-order valence-electron chi connectivity index (χ3n) is 8.87. The van der Waals surface area contributed by atoms with Gasteiger partial charge >= 0.3 is 5.97 Å². The fourth-order valence-corrected chi connectivity index (χ4v) is 6.35. The van der Waals surface area contributed by atoms with Crippen molar-refractivity contribution < 1.29 is 27.8 Å². The van der Waals surface area contributed by atoms with E-state index in [1.807, 2.05) is 54.6 Å². The first-order valence-electron chi connectivity index (χ1n) is 14.9. The molecule has 0 radical (unpaired) electrons. The molecule has 0 aromatic heterocycles. The van der Waals surface area contributed by atoms with Crippen molar-refractivity contribution in [1.29, 1.82) is 0 Å². The Morgan fingerprint density at radius 1 is 0.727 bits per heavy atom. The van der Waals surface area contributed by atoms with Crippen LogP contribution in [-0.2, 0) is 19.7 Å². The van der Waals surface area contributed by atoms with Gasteiger partial charge in [0, 0.05) is 38.9 Å². The first-order valence-corrected chi connectivity index (χ1v) is 14.9. The van der Waals surface area contributed by atoms with Crippen LogP contribution in [-0.4, -0.2) is 62.3 Å². The van der Waals surface area contributed by atoms with E-state index in [-0.39, 0.29) is 29.7 Å². The van der Waals surface area contributed by atoms with Gasteiger partial charge in [-0.1, -0.05) is 66.7 Å². The zero-order chi connectivity index (χ0) is 30.7. The summed E-state index contributed by atoms with van der Waals surface area (Å²) in [7, 11) is 3.23. The van der Waals surface area contributed by atoms with Crippen molar-refractivity contribution in [1.82, 2.24) is 9.80 Å². The minimum absolute atomic E-state index is 0.177. The molecule has 0 bridgehead atoms. The predicted octanol–water partition coefficient (Wildman–Crippen LogP) is 6.28. The van der Waals surface area contributed by atoms with Crippen molar-refractivity contribution in [3.8, 4) is 5.75 Å². The molecule has 0 spiro atoms. The van der Waals surface area contributed by atoms with Gasteiger partial charge in [-0.2, -0.15) is 0 Å². The Kier molecular flexibility index (Phi) is 8.75. The second-order valence-electron chi connectivity index (χ2n) is 11.4. The number of carbonyl (C=O) groups is 1. The molecular formula is C36H36F2N2O4. The molecule has 3 unspecified atom stereocenters. The second-order valence-corrected chi connectivity index (χ2v) is 11.4. The van der Waals surface area contributed by atoms with Crippen LogP contribution in [0, 0.1) is 11.6 Å². The van der Waals surface area contributed by atoms with E-state index < -0.39 is 11.6 Å². The maximum atomic E-state index is 14.0. The van der Waals surface area contributed by atoms with Crippen molar-refractivity contribution in [2.24, 2.45) is 0 Å². The molecule has 228 valence electrons. The van der Waals surface area contributed by atoms with Crippen LogP contribution in [0.2, 0.25) is 0 Å². The van der Waals surface area contributed by atoms with Crippen LogP contribution in [0.3, 0.4) is 0 Å². The second kappa shape index (κ2) is 12.9. The van der Waals surface area contributed by atoms with Crippen molar-refractivity contribution in [3.05, 3.63) is 137 Å². The van der Waals surface area contributed by atoms with Crippen LogP contribution in [0.1, 0.15) is 40.9 Å². The van der Waals surface area contributed by atoms with Gasteiger partial charge in [0.1, 0.15) is 22.8 Å². The Bertz CT molecular complexity index is 1500. The summed E-state index contributed by atoms with van der Waals surface area (Å²) in [6.45, 7) is 2.55. The number of hydrogen-bond acceptors (Lipinski definition) is 6. The fraction of sp³-hybridized carbons (Fsp3) is 0.306. The lowest BCUT2D eigenvalue weighted by atomic mass is 9.95. The number of methoxy groups -OCH3 is 2. The molecule has 2 aliphatic rings. The summed E-state index contributed by atoms with van der Waals surface area (Å²) in [5, 5.41) is 0. The molecule has 4 aromatic carbocycles. The van der Waals surface area contributed by atoms with Crippen molar-refractivity contribution >= 4 is 5.97 Å². The number of benzene rings is 4. The SMILES string of the molecule is COc1ccc(C2(C(=O)OC(c3ccccc3)N3CCN(C(c4ccc(F)cc4)c4ccc(F)cc4)CC3)CC2OC)cc1. The monoisotopic (exact) mass is 598 g/mol. The van der Waals surface area contributed by atoms with Gasteiger partial charge in [0.2, 0.25) is 0 Å². The lowest BCUT2D eigenvalue weighted by Crippen LogP contribution is -2.50. The molecule has 3 atom stereocenters. The van der Waals surface area contributed by atoms with Crippen LogP contribution >= 0.6 is 0 Å². The Balaban J connectivity index is 1.24. The number of carbonyl (C=O) groups excluding carboxylic acids is 1. The molecule has 4 aromatic rings. The van der Waals surface area contributed by atoms with E-state index in [1.165, 1.54) is 24.3 Å². The Labute approximate surface area is 256 Å². The van der Waals surface area contributed by atoms with Crippen LogP contribution in [0.5, 0.6) is 5.75 Å². The van der Waals surface area contributed by atoms with Gasteiger partial charge in [-0.3, -0.25) is 14.6 Å². The van der Waals surface area contributed by atoms with Crippen molar-refractivity contribution in [2.45, 2.75) is 30.2 Å². The molecule has 1 saturated heterocycles. The molecule has 6 rings (SSSR count). The smallest absolute Gasteiger partial charge is 0.321 e. The topological polar surface area (TPSA) is 51.2 Å². The van der Waals surface area contributed by atoms with Crippen LogP contribution in [0.25, 0.3) is 0 Å². The van der Waals surface area contributed by atoms with E-state index in [0.717, 1.165) is 22.3 Å². The highest BCUT2D eigenvalue weighted by Gasteiger charge is 2.64. The molecule has 1 aliphatic heterocycles. The molecule has 1 saturated carbocycles. The standard InChI is InChI=1S/C36H36F2N2O4/c1-42-31-18-12-28(13-19-31)36(24-32(36)43-2)35(41)44-34(27-6-4-3-5-7-27)40-22-20-39(21-23-40)33(25-8-14-29(37)15-9-25)26-10-16-30(38)17-11-26/h3-19,32-34H,20-24H2,1-2H3. The van der Waals surface area contributed by atoms with Gasteiger partial charge in [0.05, 0.1) is 19.3 Å². The van der Waals surface area contributed by atoms with Crippen molar-refractivity contribution in [3.63, 3.8) is 0 Å². The molecule has 0 N–H and O–H groups in total. The number of ether oxygens (including phenoxy) is 3. The first-order chi connectivity index (χ1) is 21.4. The van der Waals surface area contributed by atoms with Crippen LogP contribution in [0.4, 0.5) is 8.78 Å². The first kappa shape index (κ1) is 29.9. The molecule has 44 heavy (non-hydrogen) atoms. The van der Waals surface area contributed by atoms with E-state index in [2.05, 4.69) is 9.80 Å². The molecule has 6 nitrogen and oxygen atoms in total. The number of nitrogens with zero attached hydrogens (tertiary/aromatic N) is 2. The maximum absolute atomic E-state index is 14.0. The van der Waals surface area contributed by atoms with E-state index >= 15 is 0 Å². The summed E-state index contributed by atoms with van der Waals surface area (Å²) < 4.78 is 45.0. The number of hydrogen-bond donors (Lipinski definition) is 0. The highest BCUT2D eigenvalue weighted by molar-refractivity contribution is 5.88. The van der Waals surface area contributed by atoms with Gasteiger partial charge in [-0.15, -0.1) is 0 Å². The van der Waals surface area contributed by atoms with E-state index in [0.29, 0.717) is 38.3 Å². The van der Waals surface area contributed by atoms with E-state index in [1.54, 1.807) is 38.5 Å².